The molecule has 2 unspecified atom stereocenters. The van der Waals surface area contributed by atoms with Crippen LogP contribution in [0, 0.1) is 24.1 Å². The van der Waals surface area contributed by atoms with E-state index in [0.717, 1.165) is 0 Å². The summed E-state index contributed by atoms with van der Waals surface area (Å²) in [6, 6.07) is 4.89. The fourth-order valence-corrected chi connectivity index (χ4v) is 2.40. The van der Waals surface area contributed by atoms with E-state index in [-0.39, 0.29) is 24.7 Å². The lowest BCUT2D eigenvalue weighted by Crippen LogP contribution is -2.31. The number of amides is 1. The van der Waals surface area contributed by atoms with Gasteiger partial charge in [-0.2, -0.15) is 0 Å². The van der Waals surface area contributed by atoms with Gasteiger partial charge in [-0.05, 0) is 17.7 Å². The van der Waals surface area contributed by atoms with E-state index in [1.54, 1.807) is 0 Å². The number of rotatable bonds is 4. The summed E-state index contributed by atoms with van der Waals surface area (Å²) >= 11 is 0. The molecule has 2 atom stereocenters. The van der Waals surface area contributed by atoms with Crippen molar-refractivity contribution in [3.63, 3.8) is 0 Å². The molecule has 0 bridgehead atoms. The van der Waals surface area contributed by atoms with Crippen LogP contribution in [0.4, 0.5) is 4.39 Å². The number of carboxylic acid groups (broad SMARTS) is 1. The highest BCUT2D eigenvalue weighted by Crippen LogP contribution is 2.31. The summed E-state index contributed by atoms with van der Waals surface area (Å²) in [4.78, 5) is 24.5. The molecule has 0 spiro atoms. The van der Waals surface area contributed by atoms with Gasteiger partial charge < -0.3 is 10.0 Å². The number of terminal acetylenes is 1. The van der Waals surface area contributed by atoms with Crippen LogP contribution in [0.5, 0.6) is 0 Å². The molecule has 1 amide bonds. The van der Waals surface area contributed by atoms with Crippen LogP contribution in [0.25, 0.3) is 0 Å². The molecule has 1 fully saturated rings. The quantitative estimate of drug-likeness (QED) is 0.853. The Labute approximate surface area is 116 Å². The van der Waals surface area contributed by atoms with Crippen molar-refractivity contribution in [3.8, 4) is 12.3 Å². The first kappa shape index (κ1) is 14.1. The molecule has 1 aromatic rings. The van der Waals surface area contributed by atoms with E-state index in [0.29, 0.717) is 12.1 Å². The average Bonchev–Trinajstić information content (AvgIpc) is 2.78. The number of halogens is 1. The van der Waals surface area contributed by atoms with Crippen molar-refractivity contribution in [2.45, 2.75) is 18.9 Å². The summed E-state index contributed by atoms with van der Waals surface area (Å²) in [7, 11) is 0. The molecule has 1 saturated heterocycles. The first-order valence-corrected chi connectivity index (χ1v) is 6.24. The number of carbonyl (C=O) groups is 2. The maximum atomic E-state index is 13.0. The lowest BCUT2D eigenvalue weighted by molar-refractivity contribution is -0.139. The second kappa shape index (κ2) is 5.74. The van der Waals surface area contributed by atoms with Gasteiger partial charge in [0.25, 0.3) is 0 Å². The van der Waals surface area contributed by atoms with Crippen LogP contribution in [-0.4, -0.2) is 28.4 Å². The van der Waals surface area contributed by atoms with Gasteiger partial charge in [0.15, 0.2) is 0 Å². The number of hydrogen-bond donors (Lipinski definition) is 1. The minimum atomic E-state index is -1.02. The highest BCUT2D eigenvalue weighted by atomic mass is 19.1. The fraction of sp³-hybridized carbons (Fsp3) is 0.333. The van der Waals surface area contributed by atoms with Crippen LogP contribution in [0.2, 0.25) is 0 Å². The monoisotopic (exact) mass is 275 g/mol. The van der Waals surface area contributed by atoms with Crippen molar-refractivity contribution < 1.29 is 19.1 Å². The normalized spacial score (nSPS) is 19.7. The van der Waals surface area contributed by atoms with Gasteiger partial charge in [-0.3, -0.25) is 9.59 Å². The van der Waals surface area contributed by atoms with Crippen LogP contribution in [0.1, 0.15) is 24.4 Å². The standard InChI is InChI=1S/C15H14FNO3/c1-2-10-7-14(18)17(9-10)13(8-15(19)20)11-3-5-12(16)6-4-11/h1,3-6,10,13H,7-9H2,(H,19,20). The molecular formula is C15H14FNO3. The zero-order chi connectivity index (χ0) is 14.7. The molecule has 1 aliphatic heterocycles. The van der Waals surface area contributed by atoms with Gasteiger partial charge in [-0.25, -0.2) is 4.39 Å². The van der Waals surface area contributed by atoms with Crippen molar-refractivity contribution in [2.24, 2.45) is 5.92 Å². The second-order valence-corrected chi connectivity index (χ2v) is 4.78. The van der Waals surface area contributed by atoms with Crippen LogP contribution >= 0.6 is 0 Å². The molecule has 4 nitrogen and oxygen atoms in total. The van der Waals surface area contributed by atoms with Gasteiger partial charge in [0, 0.05) is 18.9 Å². The minimum Gasteiger partial charge on any atom is -0.481 e. The second-order valence-electron chi connectivity index (χ2n) is 4.78. The Balaban J connectivity index is 2.28. The van der Waals surface area contributed by atoms with Crippen molar-refractivity contribution in [1.29, 1.82) is 0 Å². The van der Waals surface area contributed by atoms with E-state index >= 15 is 0 Å². The number of carbonyl (C=O) groups excluding carboxylic acids is 1. The predicted molar refractivity (Wildman–Crippen MR) is 70.0 cm³/mol. The molecule has 0 radical (unpaired) electrons. The summed E-state index contributed by atoms with van der Waals surface area (Å²) in [5.41, 5.74) is 0.597. The van der Waals surface area contributed by atoms with Gasteiger partial charge >= 0.3 is 5.97 Å². The first-order chi connectivity index (χ1) is 9.51. The Kier molecular flexibility index (Phi) is 4.04. The topological polar surface area (TPSA) is 57.6 Å². The molecule has 0 aromatic heterocycles. The number of carboxylic acids is 1. The smallest absolute Gasteiger partial charge is 0.305 e. The highest BCUT2D eigenvalue weighted by molar-refractivity contribution is 5.80. The summed E-state index contributed by atoms with van der Waals surface area (Å²) in [5.74, 6) is 0.742. The summed E-state index contributed by atoms with van der Waals surface area (Å²) in [6.45, 7) is 0.338. The third kappa shape index (κ3) is 2.97. The lowest BCUT2D eigenvalue weighted by Gasteiger charge is -2.27. The molecule has 2 rings (SSSR count). The molecule has 1 aliphatic rings. The maximum absolute atomic E-state index is 13.0. The van der Waals surface area contributed by atoms with Crippen LogP contribution < -0.4 is 0 Å². The van der Waals surface area contributed by atoms with Crippen molar-refractivity contribution in [2.75, 3.05) is 6.54 Å². The number of likely N-dealkylation sites (tertiary alicyclic amines) is 1. The fourth-order valence-electron chi connectivity index (χ4n) is 2.40. The molecule has 104 valence electrons. The van der Waals surface area contributed by atoms with Gasteiger partial charge in [-0.1, -0.05) is 12.1 Å². The number of benzene rings is 1. The van der Waals surface area contributed by atoms with Gasteiger partial charge in [0.05, 0.1) is 12.5 Å². The molecule has 1 N–H and O–H groups in total. The number of nitrogens with zero attached hydrogens (tertiary/aromatic N) is 1. The molecule has 1 aromatic carbocycles. The van der Waals surface area contributed by atoms with Crippen LogP contribution in [-0.2, 0) is 9.59 Å². The highest BCUT2D eigenvalue weighted by Gasteiger charge is 2.35. The first-order valence-electron chi connectivity index (χ1n) is 6.24. The summed E-state index contributed by atoms with van der Waals surface area (Å²) < 4.78 is 13.0. The van der Waals surface area contributed by atoms with Crippen LogP contribution in [0.15, 0.2) is 24.3 Å². The van der Waals surface area contributed by atoms with E-state index in [1.165, 1.54) is 29.2 Å². The Hall–Kier alpha value is -2.35. The summed E-state index contributed by atoms with van der Waals surface area (Å²) in [6.07, 6.45) is 5.33. The van der Waals surface area contributed by atoms with Gasteiger partial charge in [-0.15, -0.1) is 12.3 Å². The minimum absolute atomic E-state index is 0.163. The van der Waals surface area contributed by atoms with Gasteiger partial charge in [0.2, 0.25) is 5.91 Å². The zero-order valence-corrected chi connectivity index (χ0v) is 10.8. The van der Waals surface area contributed by atoms with E-state index in [1.807, 2.05) is 0 Å². The Morgan fingerprint density at radius 2 is 2.15 bits per heavy atom. The number of hydrogen-bond acceptors (Lipinski definition) is 2. The van der Waals surface area contributed by atoms with Crippen molar-refractivity contribution in [1.82, 2.24) is 4.90 Å². The molecule has 0 aliphatic carbocycles. The average molecular weight is 275 g/mol. The Morgan fingerprint density at radius 1 is 1.50 bits per heavy atom. The Bertz CT molecular complexity index is 561. The van der Waals surface area contributed by atoms with Gasteiger partial charge in [0.1, 0.15) is 5.82 Å². The molecule has 0 saturated carbocycles. The molecule has 20 heavy (non-hydrogen) atoms. The summed E-state index contributed by atoms with van der Waals surface area (Å²) in [5, 5.41) is 9.02. The van der Waals surface area contributed by atoms with Crippen molar-refractivity contribution in [3.05, 3.63) is 35.6 Å². The van der Waals surface area contributed by atoms with E-state index in [2.05, 4.69) is 5.92 Å². The maximum Gasteiger partial charge on any atom is 0.305 e. The zero-order valence-electron chi connectivity index (χ0n) is 10.8. The molecule has 1 heterocycles. The van der Waals surface area contributed by atoms with E-state index in [4.69, 9.17) is 11.5 Å². The van der Waals surface area contributed by atoms with E-state index in [9.17, 15) is 14.0 Å². The lowest BCUT2D eigenvalue weighted by atomic mass is 10.0. The van der Waals surface area contributed by atoms with Crippen LogP contribution in [0.3, 0.4) is 0 Å². The third-order valence-electron chi connectivity index (χ3n) is 3.39. The number of aliphatic carboxylic acids is 1. The molecular weight excluding hydrogens is 261 g/mol. The Morgan fingerprint density at radius 3 is 2.65 bits per heavy atom. The molecule has 5 heteroatoms. The predicted octanol–water partition coefficient (Wildman–Crippen LogP) is 1.82. The SMILES string of the molecule is C#CC1CC(=O)N(C(CC(=O)O)c2ccc(F)cc2)C1. The van der Waals surface area contributed by atoms with E-state index < -0.39 is 17.8 Å². The third-order valence-corrected chi connectivity index (χ3v) is 3.39. The largest absolute Gasteiger partial charge is 0.481 e. The van der Waals surface area contributed by atoms with Crippen molar-refractivity contribution >= 4 is 11.9 Å².